The Morgan fingerprint density at radius 3 is 2.69 bits per heavy atom. The predicted octanol–water partition coefficient (Wildman–Crippen LogP) is 1.85. The summed E-state index contributed by atoms with van der Waals surface area (Å²) in [5.41, 5.74) is 7.79. The zero-order valence-corrected chi connectivity index (χ0v) is 15.7. The molecular formula is C20H18N4O5. The maximum absolute atomic E-state index is 12.6. The Kier molecular flexibility index (Phi) is 5.36. The molecule has 0 spiro atoms. The minimum absolute atomic E-state index is 0.128. The topological polar surface area (TPSA) is 144 Å². The van der Waals surface area contributed by atoms with Gasteiger partial charge in [0.1, 0.15) is 11.8 Å². The van der Waals surface area contributed by atoms with Crippen LogP contribution in [0.5, 0.6) is 11.5 Å². The minimum Gasteiger partial charge on any atom is -0.469 e. The lowest BCUT2D eigenvalue weighted by atomic mass is 10.1. The van der Waals surface area contributed by atoms with E-state index in [2.05, 4.69) is 15.4 Å². The monoisotopic (exact) mass is 394 g/mol. The molecule has 1 heterocycles. The number of amides is 2. The van der Waals surface area contributed by atoms with Gasteiger partial charge in [0.2, 0.25) is 5.91 Å². The highest BCUT2D eigenvalue weighted by atomic mass is 16.5. The quantitative estimate of drug-likeness (QED) is 0.530. The Morgan fingerprint density at radius 1 is 1.24 bits per heavy atom. The summed E-state index contributed by atoms with van der Waals surface area (Å²) in [6.45, 7) is 1.82. The van der Waals surface area contributed by atoms with Crippen molar-refractivity contribution in [2.45, 2.75) is 19.4 Å². The number of nitriles is 1. The van der Waals surface area contributed by atoms with Crippen molar-refractivity contribution in [3.05, 3.63) is 47.0 Å². The molecule has 0 aliphatic carbocycles. The van der Waals surface area contributed by atoms with Crippen LogP contribution in [0.1, 0.15) is 27.9 Å². The lowest BCUT2D eigenvalue weighted by molar-refractivity contribution is -0.142. The Labute approximate surface area is 166 Å². The summed E-state index contributed by atoms with van der Waals surface area (Å²) >= 11 is 0. The van der Waals surface area contributed by atoms with Crippen molar-refractivity contribution in [1.82, 2.24) is 5.32 Å². The average Bonchev–Trinajstić information content (AvgIpc) is 2.78. The van der Waals surface area contributed by atoms with Crippen molar-refractivity contribution in [1.29, 1.82) is 5.26 Å². The van der Waals surface area contributed by atoms with E-state index in [0.29, 0.717) is 11.3 Å². The molecule has 2 aromatic rings. The number of methoxy groups -OCH3 is 1. The van der Waals surface area contributed by atoms with Gasteiger partial charge in [-0.05, 0) is 42.8 Å². The third-order valence-corrected chi connectivity index (χ3v) is 4.28. The Hall–Kier alpha value is -4.06. The number of benzene rings is 2. The lowest BCUT2D eigenvalue weighted by Gasteiger charge is -2.13. The van der Waals surface area contributed by atoms with Crippen LogP contribution >= 0.6 is 0 Å². The van der Waals surface area contributed by atoms with Gasteiger partial charge in [-0.25, -0.2) is 0 Å². The molecule has 0 saturated carbocycles. The fourth-order valence-corrected chi connectivity index (χ4v) is 2.89. The average molecular weight is 394 g/mol. The standard InChI is InChI=1S/C20H18N4O5/c1-10-3-11(9-21)5-12(4-10)29-17-6-13-15(7-14(17)22)23-20(27)16(24-19(13)26)8-18(25)28-2/h3-7,16H,8,22H2,1-2H3,(H,23,27)(H,24,26)/t16-/m0/s1. The zero-order valence-electron chi connectivity index (χ0n) is 15.7. The van der Waals surface area contributed by atoms with Gasteiger partial charge in [-0.3, -0.25) is 14.4 Å². The molecule has 2 aromatic carbocycles. The molecule has 29 heavy (non-hydrogen) atoms. The maximum atomic E-state index is 12.6. The largest absolute Gasteiger partial charge is 0.469 e. The van der Waals surface area contributed by atoms with Crippen molar-refractivity contribution < 1.29 is 23.9 Å². The molecule has 4 N–H and O–H groups in total. The summed E-state index contributed by atoms with van der Waals surface area (Å²) in [4.78, 5) is 36.4. The number of nitrogens with zero attached hydrogens (tertiary/aromatic N) is 1. The van der Waals surface area contributed by atoms with E-state index in [1.54, 1.807) is 18.2 Å². The Balaban J connectivity index is 1.93. The second-order valence-electron chi connectivity index (χ2n) is 6.48. The number of fused-ring (bicyclic) bond motifs is 1. The van der Waals surface area contributed by atoms with E-state index in [1.165, 1.54) is 19.2 Å². The number of nitrogen functional groups attached to an aromatic ring is 1. The van der Waals surface area contributed by atoms with E-state index in [9.17, 15) is 14.4 Å². The van der Waals surface area contributed by atoms with Crippen LogP contribution in [0.4, 0.5) is 11.4 Å². The van der Waals surface area contributed by atoms with Gasteiger partial charge in [-0.1, -0.05) is 0 Å². The van der Waals surface area contributed by atoms with Crippen LogP contribution in [0.3, 0.4) is 0 Å². The molecule has 0 radical (unpaired) electrons. The van der Waals surface area contributed by atoms with Crippen LogP contribution in [-0.4, -0.2) is 30.9 Å². The molecule has 9 heteroatoms. The van der Waals surface area contributed by atoms with Crippen LogP contribution < -0.4 is 21.1 Å². The lowest BCUT2D eigenvalue weighted by Crippen LogP contribution is -2.42. The summed E-state index contributed by atoms with van der Waals surface area (Å²) in [7, 11) is 1.20. The number of anilines is 2. The fourth-order valence-electron chi connectivity index (χ4n) is 2.89. The van der Waals surface area contributed by atoms with Crippen molar-refractivity contribution >= 4 is 29.2 Å². The number of ether oxygens (including phenoxy) is 2. The minimum atomic E-state index is -1.08. The van der Waals surface area contributed by atoms with Gasteiger partial charge in [0.05, 0.1) is 42.1 Å². The number of hydrogen-bond acceptors (Lipinski definition) is 7. The number of carbonyl (C=O) groups excluding carboxylic acids is 3. The highest BCUT2D eigenvalue weighted by Gasteiger charge is 2.30. The number of esters is 1. The van der Waals surface area contributed by atoms with Crippen LogP contribution in [0.25, 0.3) is 0 Å². The van der Waals surface area contributed by atoms with E-state index < -0.39 is 23.8 Å². The van der Waals surface area contributed by atoms with Crippen molar-refractivity contribution in [3.8, 4) is 17.6 Å². The molecule has 9 nitrogen and oxygen atoms in total. The van der Waals surface area contributed by atoms with Crippen LogP contribution in [0.2, 0.25) is 0 Å². The molecule has 0 saturated heterocycles. The Bertz CT molecular complexity index is 1060. The van der Waals surface area contributed by atoms with Crippen molar-refractivity contribution in [3.63, 3.8) is 0 Å². The van der Waals surface area contributed by atoms with Gasteiger partial charge in [0.25, 0.3) is 5.91 Å². The molecule has 148 valence electrons. The molecule has 1 aliphatic heterocycles. The molecule has 0 fully saturated rings. The third kappa shape index (κ3) is 4.27. The van der Waals surface area contributed by atoms with Gasteiger partial charge in [0, 0.05) is 0 Å². The molecular weight excluding hydrogens is 376 g/mol. The smallest absolute Gasteiger partial charge is 0.308 e. The molecule has 0 aromatic heterocycles. The summed E-state index contributed by atoms with van der Waals surface area (Å²) in [5.74, 6) is -1.19. The van der Waals surface area contributed by atoms with Gasteiger partial charge in [-0.2, -0.15) is 5.26 Å². The number of nitrogens with one attached hydrogen (secondary N) is 2. The zero-order chi connectivity index (χ0) is 21.1. The predicted molar refractivity (Wildman–Crippen MR) is 103 cm³/mol. The molecule has 3 rings (SSSR count). The second-order valence-corrected chi connectivity index (χ2v) is 6.48. The van der Waals surface area contributed by atoms with Gasteiger partial charge < -0.3 is 25.8 Å². The van der Waals surface area contributed by atoms with Crippen molar-refractivity contribution in [2.75, 3.05) is 18.2 Å². The van der Waals surface area contributed by atoms with E-state index in [4.69, 9.17) is 15.7 Å². The third-order valence-electron chi connectivity index (χ3n) is 4.28. The first-order valence-electron chi connectivity index (χ1n) is 8.62. The summed E-state index contributed by atoms with van der Waals surface area (Å²) in [6, 6.07) is 8.74. The number of hydrogen-bond donors (Lipinski definition) is 3. The van der Waals surface area contributed by atoms with E-state index in [0.717, 1.165) is 5.56 Å². The van der Waals surface area contributed by atoms with Crippen molar-refractivity contribution in [2.24, 2.45) is 0 Å². The van der Waals surface area contributed by atoms with E-state index in [1.807, 2.05) is 13.0 Å². The number of aryl methyl sites for hydroxylation is 1. The van der Waals surface area contributed by atoms with E-state index >= 15 is 0 Å². The highest BCUT2D eigenvalue weighted by Crippen LogP contribution is 2.34. The summed E-state index contributed by atoms with van der Waals surface area (Å²) in [6.07, 6.45) is -0.304. The van der Waals surface area contributed by atoms with Gasteiger partial charge in [0.15, 0.2) is 5.75 Å². The van der Waals surface area contributed by atoms with E-state index in [-0.39, 0.29) is 29.1 Å². The SMILES string of the molecule is COC(=O)C[C@@H]1NC(=O)c2cc(Oc3cc(C)cc(C#N)c3)c(N)cc2NC1=O. The van der Waals surface area contributed by atoms with Crippen LogP contribution in [0, 0.1) is 18.3 Å². The number of carbonyl (C=O) groups is 3. The van der Waals surface area contributed by atoms with Crippen LogP contribution in [0.15, 0.2) is 30.3 Å². The molecule has 0 bridgehead atoms. The Morgan fingerprint density at radius 2 is 2.00 bits per heavy atom. The fraction of sp³-hybridized carbons (Fsp3) is 0.200. The molecule has 2 amide bonds. The number of rotatable bonds is 4. The van der Waals surface area contributed by atoms with Gasteiger partial charge >= 0.3 is 5.97 Å². The van der Waals surface area contributed by atoms with Gasteiger partial charge in [-0.15, -0.1) is 0 Å². The highest BCUT2D eigenvalue weighted by molar-refractivity contribution is 6.11. The second kappa shape index (κ2) is 7.90. The number of nitrogens with two attached hydrogens (primary N) is 1. The first kappa shape index (κ1) is 19.7. The molecule has 1 atom stereocenters. The molecule has 1 aliphatic rings. The normalized spacial score (nSPS) is 15.3. The van der Waals surface area contributed by atoms with Crippen LogP contribution in [-0.2, 0) is 14.3 Å². The summed E-state index contributed by atoms with van der Waals surface area (Å²) in [5, 5.41) is 14.2. The maximum Gasteiger partial charge on any atom is 0.308 e. The summed E-state index contributed by atoms with van der Waals surface area (Å²) < 4.78 is 10.3. The first-order chi connectivity index (χ1) is 13.8. The first-order valence-corrected chi connectivity index (χ1v) is 8.62. The molecule has 0 unspecified atom stereocenters.